The zero-order chi connectivity index (χ0) is 18.2. The number of aromatic nitrogens is 3. The number of guanidine groups is 1. The van der Waals surface area contributed by atoms with E-state index >= 15 is 0 Å². The molecule has 2 N–H and O–H groups in total. The molecule has 2 rings (SSSR count). The summed E-state index contributed by atoms with van der Waals surface area (Å²) in [6, 6.07) is 0.204. The molecule has 1 aliphatic rings. The fourth-order valence-corrected chi connectivity index (χ4v) is 2.69. The zero-order valence-corrected chi connectivity index (χ0v) is 15.4. The lowest BCUT2D eigenvalue weighted by Gasteiger charge is -2.25. The van der Waals surface area contributed by atoms with Crippen LogP contribution in [0.2, 0.25) is 0 Å². The first-order chi connectivity index (χ1) is 12.1. The summed E-state index contributed by atoms with van der Waals surface area (Å²) >= 11 is 0. The Morgan fingerprint density at radius 2 is 2.28 bits per heavy atom. The van der Waals surface area contributed by atoms with E-state index in [9.17, 15) is 4.79 Å². The van der Waals surface area contributed by atoms with Crippen LogP contribution in [0.5, 0.6) is 0 Å². The van der Waals surface area contributed by atoms with Crippen molar-refractivity contribution in [3.8, 4) is 0 Å². The van der Waals surface area contributed by atoms with E-state index in [1.807, 2.05) is 11.6 Å². The molecule has 0 saturated carbocycles. The smallest absolute Gasteiger partial charge is 0.310 e. The summed E-state index contributed by atoms with van der Waals surface area (Å²) in [6.45, 7) is 6.09. The lowest BCUT2D eigenvalue weighted by molar-refractivity contribution is -0.144. The number of hydrogen-bond acceptors (Lipinski definition) is 6. The standard InChI is InChI=1S/C16H28N6O3/c1-5-17-16(18-8-11(2)15(23)25-4)19-12-6-7-14-20-13(10-24-3)21-22(14)9-12/h11-12H,5-10H2,1-4H3,(H2,17,18,19). The van der Waals surface area contributed by atoms with Crippen LogP contribution in [-0.4, -0.2) is 60.0 Å². The van der Waals surface area contributed by atoms with Crippen molar-refractivity contribution >= 4 is 11.9 Å². The lowest BCUT2D eigenvalue weighted by Crippen LogP contribution is -2.47. The molecule has 0 bridgehead atoms. The van der Waals surface area contributed by atoms with E-state index in [1.165, 1.54) is 7.11 Å². The Balaban J connectivity index is 1.96. The minimum absolute atomic E-state index is 0.204. The molecule has 0 aromatic carbocycles. The summed E-state index contributed by atoms with van der Waals surface area (Å²) in [4.78, 5) is 20.5. The van der Waals surface area contributed by atoms with Crippen molar-refractivity contribution in [1.82, 2.24) is 25.4 Å². The number of esters is 1. The summed E-state index contributed by atoms with van der Waals surface area (Å²) in [5.41, 5.74) is 0. The molecule has 0 saturated heterocycles. The van der Waals surface area contributed by atoms with Gasteiger partial charge in [-0.2, -0.15) is 5.10 Å². The summed E-state index contributed by atoms with van der Waals surface area (Å²) in [6.07, 6.45) is 1.80. The van der Waals surface area contributed by atoms with Crippen LogP contribution in [0.1, 0.15) is 31.9 Å². The average molecular weight is 352 g/mol. The zero-order valence-electron chi connectivity index (χ0n) is 15.4. The number of methoxy groups -OCH3 is 2. The Morgan fingerprint density at radius 3 is 2.96 bits per heavy atom. The second kappa shape index (κ2) is 9.36. The number of fused-ring (bicyclic) bond motifs is 1. The molecule has 1 aliphatic heterocycles. The number of nitrogens with zero attached hydrogens (tertiary/aromatic N) is 4. The van der Waals surface area contributed by atoms with Crippen LogP contribution in [0, 0.1) is 5.92 Å². The number of hydrogen-bond donors (Lipinski definition) is 2. The van der Waals surface area contributed by atoms with E-state index in [0.717, 1.165) is 31.8 Å². The maximum atomic E-state index is 11.5. The van der Waals surface area contributed by atoms with Gasteiger partial charge in [0.1, 0.15) is 12.4 Å². The first kappa shape index (κ1) is 19.2. The maximum absolute atomic E-state index is 11.5. The van der Waals surface area contributed by atoms with Gasteiger partial charge < -0.3 is 20.1 Å². The van der Waals surface area contributed by atoms with Gasteiger partial charge in [-0.1, -0.05) is 6.92 Å². The molecule has 2 heterocycles. The molecular formula is C16H28N6O3. The van der Waals surface area contributed by atoms with Gasteiger partial charge >= 0.3 is 5.97 Å². The van der Waals surface area contributed by atoms with Crippen LogP contribution in [0.25, 0.3) is 0 Å². The van der Waals surface area contributed by atoms with Gasteiger partial charge in [-0.15, -0.1) is 0 Å². The number of nitrogens with one attached hydrogen (secondary N) is 2. The highest BCUT2D eigenvalue weighted by molar-refractivity contribution is 5.80. The monoisotopic (exact) mass is 352 g/mol. The molecule has 0 spiro atoms. The molecule has 1 aromatic heterocycles. The predicted octanol–water partition coefficient (Wildman–Crippen LogP) is 0.104. The molecule has 1 aromatic rings. The number of aryl methyl sites for hydroxylation is 1. The van der Waals surface area contributed by atoms with Crippen LogP contribution in [0.3, 0.4) is 0 Å². The van der Waals surface area contributed by atoms with Gasteiger partial charge in [-0.3, -0.25) is 9.79 Å². The Hall–Kier alpha value is -2.16. The van der Waals surface area contributed by atoms with Crippen LogP contribution >= 0.6 is 0 Å². The Bertz CT molecular complexity index is 601. The number of rotatable bonds is 7. The van der Waals surface area contributed by atoms with Crippen molar-refractivity contribution in [3.05, 3.63) is 11.6 Å². The van der Waals surface area contributed by atoms with Gasteiger partial charge in [0.25, 0.3) is 0 Å². The summed E-state index contributed by atoms with van der Waals surface area (Å²) < 4.78 is 11.8. The van der Waals surface area contributed by atoms with Crippen molar-refractivity contribution in [2.24, 2.45) is 10.9 Å². The van der Waals surface area contributed by atoms with E-state index in [0.29, 0.717) is 24.9 Å². The van der Waals surface area contributed by atoms with E-state index in [1.54, 1.807) is 14.0 Å². The third-order valence-electron chi connectivity index (χ3n) is 3.99. The van der Waals surface area contributed by atoms with Crippen molar-refractivity contribution in [1.29, 1.82) is 0 Å². The van der Waals surface area contributed by atoms with Crippen molar-refractivity contribution in [3.63, 3.8) is 0 Å². The highest BCUT2D eigenvalue weighted by atomic mass is 16.5. The lowest BCUT2D eigenvalue weighted by atomic mass is 10.1. The van der Waals surface area contributed by atoms with Gasteiger partial charge in [0, 0.05) is 26.1 Å². The van der Waals surface area contributed by atoms with Crippen molar-refractivity contribution in [2.75, 3.05) is 27.3 Å². The minimum Gasteiger partial charge on any atom is -0.469 e. The number of carbonyl (C=O) groups is 1. The SMILES string of the molecule is CCNC(=NCC(C)C(=O)OC)NC1CCc2nc(COC)nn2C1. The highest BCUT2D eigenvalue weighted by Crippen LogP contribution is 2.13. The molecule has 0 fully saturated rings. The Labute approximate surface area is 148 Å². The van der Waals surface area contributed by atoms with E-state index < -0.39 is 0 Å². The van der Waals surface area contributed by atoms with Crippen LogP contribution < -0.4 is 10.6 Å². The second-order valence-electron chi connectivity index (χ2n) is 6.08. The van der Waals surface area contributed by atoms with Crippen molar-refractivity contribution in [2.45, 2.75) is 45.9 Å². The van der Waals surface area contributed by atoms with E-state index in [2.05, 4.69) is 25.7 Å². The van der Waals surface area contributed by atoms with Crippen LogP contribution in [0.4, 0.5) is 0 Å². The third-order valence-corrected chi connectivity index (χ3v) is 3.99. The van der Waals surface area contributed by atoms with Gasteiger partial charge in [0.05, 0.1) is 26.1 Å². The quantitative estimate of drug-likeness (QED) is 0.408. The first-order valence-electron chi connectivity index (χ1n) is 8.61. The fraction of sp³-hybridized carbons (Fsp3) is 0.750. The van der Waals surface area contributed by atoms with Crippen molar-refractivity contribution < 1.29 is 14.3 Å². The number of ether oxygens (including phenoxy) is 2. The maximum Gasteiger partial charge on any atom is 0.310 e. The second-order valence-corrected chi connectivity index (χ2v) is 6.08. The van der Waals surface area contributed by atoms with Gasteiger partial charge in [0.2, 0.25) is 0 Å². The average Bonchev–Trinajstić information content (AvgIpc) is 3.00. The molecule has 140 valence electrons. The topological polar surface area (TPSA) is 103 Å². The minimum atomic E-state index is -0.273. The van der Waals surface area contributed by atoms with E-state index in [-0.39, 0.29) is 17.9 Å². The van der Waals surface area contributed by atoms with Crippen LogP contribution in [0.15, 0.2) is 4.99 Å². The molecule has 2 unspecified atom stereocenters. The molecule has 9 nitrogen and oxygen atoms in total. The predicted molar refractivity (Wildman–Crippen MR) is 93.1 cm³/mol. The normalized spacial score (nSPS) is 18.4. The summed E-state index contributed by atoms with van der Waals surface area (Å²) in [5, 5.41) is 11.1. The molecule has 2 atom stereocenters. The van der Waals surface area contributed by atoms with Gasteiger partial charge in [0.15, 0.2) is 11.8 Å². The van der Waals surface area contributed by atoms with Gasteiger partial charge in [-0.05, 0) is 13.3 Å². The molecule has 0 amide bonds. The number of aliphatic imine (C=N–C) groups is 1. The molecule has 25 heavy (non-hydrogen) atoms. The summed E-state index contributed by atoms with van der Waals surface area (Å²) in [5.74, 6) is 1.88. The number of carbonyl (C=O) groups excluding carboxylic acids is 1. The Kier molecular flexibility index (Phi) is 7.17. The van der Waals surface area contributed by atoms with E-state index in [4.69, 9.17) is 9.47 Å². The Morgan fingerprint density at radius 1 is 1.48 bits per heavy atom. The molecular weight excluding hydrogens is 324 g/mol. The third kappa shape index (κ3) is 5.42. The molecule has 0 aliphatic carbocycles. The fourth-order valence-electron chi connectivity index (χ4n) is 2.69. The first-order valence-corrected chi connectivity index (χ1v) is 8.61. The molecule has 9 heteroatoms. The highest BCUT2D eigenvalue weighted by Gasteiger charge is 2.22. The van der Waals surface area contributed by atoms with Crippen LogP contribution in [-0.2, 0) is 33.8 Å². The summed E-state index contributed by atoms with van der Waals surface area (Å²) in [7, 11) is 3.03. The van der Waals surface area contributed by atoms with Gasteiger partial charge in [-0.25, -0.2) is 9.67 Å². The molecule has 0 radical (unpaired) electrons. The largest absolute Gasteiger partial charge is 0.469 e.